The summed E-state index contributed by atoms with van der Waals surface area (Å²) in [7, 11) is 0. The maximum absolute atomic E-state index is 12.8. The molecule has 1 fully saturated rings. The number of rotatable bonds is 10. The van der Waals surface area contributed by atoms with E-state index in [1.807, 2.05) is 17.0 Å². The Kier molecular flexibility index (Phi) is 6.85. The second-order valence-corrected chi connectivity index (χ2v) is 8.23. The molecule has 2 aromatic carbocycles. The van der Waals surface area contributed by atoms with E-state index in [1.165, 1.54) is 6.92 Å². The van der Waals surface area contributed by atoms with Crippen LogP contribution < -0.4 is 4.74 Å². The summed E-state index contributed by atoms with van der Waals surface area (Å²) in [6.45, 7) is 2.25. The van der Waals surface area contributed by atoms with E-state index in [-0.39, 0.29) is 17.7 Å². The molecule has 1 aliphatic rings. The Morgan fingerprint density at radius 1 is 1.09 bits per heavy atom. The minimum atomic E-state index is 0.0175. The standard InChI is InChI=1S/C24H24ClN3O4/c1-16(29)17-6-12-21(13-7-17)31-14-2-3-23(30)28(20-10-11-20)15-22-26-27-24(32-22)18-4-8-19(25)9-5-18/h4-9,12-13,20H,2-3,10-11,14-15H2,1H3. The van der Waals surface area contributed by atoms with E-state index in [1.54, 1.807) is 36.4 Å². The molecule has 1 saturated carbocycles. The molecule has 1 aromatic heterocycles. The summed E-state index contributed by atoms with van der Waals surface area (Å²) >= 11 is 5.92. The lowest BCUT2D eigenvalue weighted by Gasteiger charge is -2.20. The van der Waals surface area contributed by atoms with Gasteiger partial charge in [-0.1, -0.05) is 11.6 Å². The Labute approximate surface area is 191 Å². The van der Waals surface area contributed by atoms with Crippen molar-refractivity contribution in [3.05, 3.63) is 65.0 Å². The van der Waals surface area contributed by atoms with Crippen molar-refractivity contribution >= 4 is 23.3 Å². The zero-order valence-corrected chi connectivity index (χ0v) is 18.5. The van der Waals surface area contributed by atoms with Crippen molar-refractivity contribution in [3.8, 4) is 17.2 Å². The molecular weight excluding hydrogens is 430 g/mol. The molecule has 32 heavy (non-hydrogen) atoms. The van der Waals surface area contributed by atoms with Crippen LogP contribution in [0.4, 0.5) is 0 Å². The Hall–Kier alpha value is -3.19. The zero-order chi connectivity index (χ0) is 22.5. The van der Waals surface area contributed by atoms with Crippen LogP contribution in [0, 0.1) is 0 Å². The average Bonchev–Trinajstić information content (AvgIpc) is 3.53. The van der Waals surface area contributed by atoms with Crippen molar-refractivity contribution in [1.82, 2.24) is 15.1 Å². The maximum atomic E-state index is 12.8. The summed E-state index contributed by atoms with van der Waals surface area (Å²) in [4.78, 5) is 26.0. The van der Waals surface area contributed by atoms with Gasteiger partial charge in [-0.15, -0.1) is 10.2 Å². The predicted octanol–water partition coefficient (Wildman–Crippen LogP) is 4.94. The van der Waals surface area contributed by atoms with Crippen LogP contribution in [0.1, 0.15) is 48.9 Å². The Morgan fingerprint density at radius 3 is 2.47 bits per heavy atom. The molecule has 1 heterocycles. The van der Waals surface area contributed by atoms with E-state index >= 15 is 0 Å². The minimum Gasteiger partial charge on any atom is -0.494 e. The van der Waals surface area contributed by atoms with Crippen LogP contribution in [-0.2, 0) is 11.3 Å². The Morgan fingerprint density at radius 2 is 1.81 bits per heavy atom. The monoisotopic (exact) mass is 453 g/mol. The average molecular weight is 454 g/mol. The first kappa shape index (κ1) is 22.0. The second-order valence-electron chi connectivity index (χ2n) is 7.79. The molecule has 166 valence electrons. The molecule has 0 bridgehead atoms. The number of ether oxygens (including phenoxy) is 1. The molecule has 0 aliphatic heterocycles. The molecule has 1 aliphatic carbocycles. The number of ketones is 1. The van der Waals surface area contributed by atoms with Gasteiger partial charge in [0.15, 0.2) is 5.78 Å². The highest BCUT2D eigenvalue weighted by Crippen LogP contribution is 2.29. The van der Waals surface area contributed by atoms with Gasteiger partial charge in [-0.3, -0.25) is 9.59 Å². The summed E-state index contributed by atoms with van der Waals surface area (Å²) in [5.41, 5.74) is 1.43. The van der Waals surface area contributed by atoms with Crippen LogP contribution in [0.3, 0.4) is 0 Å². The molecular formula is C24H24ClN3O4. The number of carbonyl (C=O) groups is 2. The molecule has 0 radical (unpaired) electrons. The van der Waals surface area contributed by atoms with Crippen LogP contribution in [0.5, 0.6) is 5.75 Å². The highest BCUT2D eigenvalue weighted by atomic mass is 35.5. The van der Waals surface area contributed by atoms with Gasteiger partial charge in [-0.25, -0.2) is 0 Å². The SMILES string of the molecule is CC(=O)c1ccc(OCCCC(=O)N(Cc2nnc(-c3ccc(Cl)cc3)o2)C2CC2)cc1. The molecule has 8 heteroatoms. The molecule has 0 saturated heterocycles. The molecule has 0 atom stereocenters. The van der Waals surface area contributed by atoms with Crippen molar-refractivity contribution in [1.29, 1.82) is 0 Å². The number of hydrogen-bond acceptors (Lipinski definition) is 6. The van der Waals surface area contributed by atoms with Crippen LogP contribution in [0.25, 0.3) is 11.5 Å². The Balaban J connectivity index is 1.28. The van der Waals surface area contributed by atoms with E-state index in [0.29, 0.717) is 54.1 Å². The number of benzene rings is 2. The Bertz CT molecular complexity index is 1080. The van der Waals surface area contributed by atoms with Gasteiger partial charge in [0.25, 0.3) is 0 Å². The molecule has 0 unspecified atom stereocenters. The van der Waals surface area contributed by atoms with E-state index in [9.17, 15) is 9.59 Å². The van der Waals surface area contributed by atoms with Gasteiger partial charge in [0.05, 0.1) is 13.2 Å². The normalized spacial score (nSPS) is 13.1. The minimum absolute atomic E-state index is 0.0175. The van der Waals surface area contributed by atoms with Crippen molar-refractivity contribution in [3.63, 3.8) is 0 Å². The maximum Gasteiger partial charge on any atom is 0.247 e. The zero-order valence-electron chi connectivity index (χ0n) is 17.8. The number of Topliss-reactive ketones (excluding diaryl/α,β-unsaturated/α-hetero) is 1. The summed E-state index contributed by atoms with van der Waals surface area (Å²) in [5.74, 6) is 1.57. The second kappa shape index (κ2) is 9.96. The molecule has 3 aromatic rings. The first-order valence-corrected chi connectivity index (χ1v) is 11.0. The first-order chi connectivity index (χ1) is 15.5. The smallest absolute Gasteiger partial charge is 0.247 e. The van der Waals surface area contributed by atoms with Crippen LogP contribution >= 0.6 is 11.6 Å². The van der Waals surface area contributed by atoms with E-state index < -0.39 is 0 Å². The predicted molar refractivity (Wildman–Crippen MR) is 119 cm³/mol. The van der Waals surface area contributed by atoms with Gasteiger partial charge >= 0.3 is 0 Å². The highest BCUT2D eigenvalue weighted by Gasteiger charge is 2.33. The molecule has 4 rings (SSSR count). The summed E-state index contributed by atoms with van der Waals surface area (Å²) in [6, 6.07) is 14.4. The fourth-order valence-electron chi connectivity index (χ4n) is 3.32. The number of halogens is 1. The summed E-state index contributed by atoms with van der Waals surface area (Å²) in [5, 5.41) is 8.84. The van der Waals surface area contributed by atoms with Crippen molar-refractivity contribution in [2.45, 2.75) is 45.2 Å². The lowest BCUT2D eigenvalue weighted by molar-refractivity contribution is -0.133. The number of carbonyl (C=O) groups excluding carboxylic acids is 2. The van der Waals surface area contributed by atoms with Crippen molar-refractivity contribution in [2.24, 2.45) is 0 Å². The van der Waals surface area contributed by atoms with E-state index in [4.69, 9.17) is 20.8 Å². The van der Waals surface area contributed by atoms with Gasteiger partial charge in [0.1, 0.15) is 5.75 Å². The number of amides is 1. The number of nitrogens with zero attached hydrogens (tertiary/aromatic N) is 3. The van der Waals surface area contributed by atoms with Crippen molar-refractivity contribution in [2.75, 3.05) is 6.61 Å². The van der Waals surface area contributed by atoms with E-state index in [0.717, 1.165) is 18.4 Å². The molecule has 0 N–H and O–H groups in total. The highest BCUT2D eigenvalue weighted by molar-refractivity contribution is 6.30. The van der Waals surface area contributed by atoms with Gasteiger partial charge in [0.2, 0.25) is 17.7 Å². The molecule has 1 amide bonds. The number of hydrogen-bond donors (Lipinski definition) is 0. The van der Waals surface area contributed by atoms with Crippen LogP contribution in [0.2, 0.25) is 5.02 Å². The topological polar surface area (TPSA) is 85.5 Å². The fourth-order valence-corrected chi connectivity index (χ4v) is 3.45. The lowest BCUT2D eigenvalue weighted by Crippen LogP contribution is -2.32. The molecule has 0 spiro atoms. The summed E-state index contributed by atoms with van der Waals surface area (Å²) in [6.07, 6.45) is 2.95. The molecule has 7 nitrogen and oxygen atoms in total. The third kappa shape index (κ3) is 5.73. The van der Waals surface area contributed by atoms with Gasteiger partial charge in [-0.2, -0.15) is 0 Å². The third-order valence-corrected chi connectivity index (χ3v) is 5.49. The van der Waals surface area contributed by atoms with Gasteiger partial charge < -0.3 is 14.1 Å². The van der Waals surface area contributed by atoms with Crippen LogP contribution in [-0.4, -0.2) is 39.4 Å². The van der Waals surface area contributed by atoms with Gasteiger partial charge in [-0.05, 0) is 74.7 Å². The van der Waals surface area contributed by atoms with Crippen LogP contribution in [0.15, 0.2) is 52.9 Å². The summed E-state index contributed by atoms with van der Waals surface area (Å²) < 4.78 is 11.5. The largest absolute Gasteiger partial charge is 0.494 e. The lowest BCUT2D eigenvalue weighted by atomic mass is 10.1. The first-order valence-electron chi connectivity index (χ1n) is 10.6. The number of aromatic nitrogens is 2. The van der Waals surface area contributed by atoms with Crippen molar-refractivity contribution < 1.29 is 18.7 Å². The third-order valence-electron chi connectivity index (χ3n) is 5.24. The quantitative estimate of drug-likeness (QED) is 0.319. The van der Waals surface area contributed by atoms with E-state index in [2.05, 4.69) is 10.2 Å². The van der Waals surface area contributed by atoms with Gasteiger partial charge in [0, 0.05) is 28.6 Å². The fraction of sp³-hybridized carbons (Fsp3) is 0.333.